The molecule has 1 saturated carbocycles. The topological polar surface area (TPSA) is 55.6 Å². The van der Waals surface area contributed by atoms with Crippen molar-refractivity contribution in [1.82, 2.24) is 9.38 Å². The normalized spacial score (nSPS) is 14.9. The summed E-state index contributed by atoms with van der Waals surface area (Å²) in [4.78, 5) is 17.1. The number of aromatic nitrogens is 2. The fourth-order valence-electron chi connectivity index (χ4n) is 4.55. The fourth-order valence-corrected chi connectivity index (χ4v) is 4.89. The number of imidazole rings is 1. The van der Waals surface area contributed by atoms with Gasteiger partial charge in [0.25, 0.3) is 0 Å². The summed E-state index contributed by atoms with van der Waals surface area (Å²) in [7, 11) is 0. The molecule has 0 atom stereocenters. The minimum absolute atomic E-state index is 0.0624. The summed E-state index contributed by atoms with van der Waals surface area (Å²) in [5.74, 6) is 1.48. The summed E-state index contributed by atoms with van der Waals surface area (Å²) in [6, 6.07) is 11.7. The Morgan fingerprint density at radius 2 is 1.81 bits per heavy atom. The van der Waals surface area contributed by atoms with E-state index in [0.717, 1.165) is 52.9 Å². The first-order chi connectivity index (χ1) is 15.0. The maximum absolute atomic E-state index is 12.2. The van der Waals surface area contributed by atoms with E-state index >= 15 is 0 Å². The largest absolute Gasteiger partial charge is 0.426 e. The second-order valence-corrected chi connectivity index (χ2v) is 11.6. The van der Waals surface area contributed by atoms with Crippen LogP contribution in [0.1, 0.15) is 60.3 Å². The van der Waals surface area contributed by atoms with Crippen LogP contribution in [0.2, 0.25) is 0 Å². The van der Waals surface area contributed by atoms with Crippen LogP contribution in [0.3, 0.4) is 0 Å². The third kappa shape index (κ3) is 5.17. The first-order valence-electron chi connectivity index (χ1n) is 11.3. The molecule has 0 aliphatic heterocycles. The SMILES string of the molecule is CC(C)(C)CC(C)(C)Nc1c(-c2ccc(OC(=O)C3CCC3)cc2)nc2ccc(Br)cn12. The molecule has 6 heteroatoms. The molecule has 1 aliphatic carbocycles. The van der Waals surface area contributed by atoms with Crippen molar-refractivity contribution in [2.24, 2.45) is 11.3 Å². The third-order valence-corrected chi connectivity index (χ3v) is 6.27. The van der Waals surface area contributed by atoms with Gasteiger partial charge < -0.3 is 10.1 Å². The Morgan fingerprint density at radius 3 is 2.41 bits per heavy atom. The molecule has 3 aromatic rings. The molecule has 0 amide bonds. The molecule has 0 bridgehead atoms. The Labute approximate surface area is 198 Å². The van der Waals surface area contributed by atoms with Gasteiger partial charge in [0, 0.05) is 21.8 Å². The van der Waals surface area contributed by atoms with Crippen molar-refractivity contribution in [3.8, 4) is 17.0 Å². The summed E-state index contributed by atoms with van der Waals surface area (Å²) in [5, 5.41) is 3.76. The van der Waals surface area contributed by atoms with Crippen LogP contribution in [0.25, 0.3) is 16.9 Å². The summed E-state index contributed by atoms with van der Waals surface area (Å²) in [5.41, 5.74) is 2.77. The van der Waals surface area contributed by atoms with Gasteiger partial charge in [-0.1, -0.05) is 27.2 Å². The van der Waals surface area contributed by atoms with E-state index in [0.29, 0.717) is 5.75 Å². The molecule has 2 heterocycles. The van der Waals surface area contributed by atoms with Gasteiger partial charge in [-0.25, -0.2) is 4.98 Å². The van der Waals surface area contributed by atoms with E-state index in [1.165, 1.54) is 0 Å². The second-order valence-electron chi connectivity index (χ2n) is 10.7. The van der Waals surface area contributed by atoms with Crippen LogP contribution < -0.4 is 10.1 Å². The van der Waals surface area contributed by atoms with Crippen LogP contribution in [0.4, 0.5) is 5.82 Å². The highest BCUT2D eigenvalue weighted by Gasteiger charge is 2.29. The summed E-state index contributed by atoms with van der Waals surface area (Å²) in [6.45, 7) is 11.2. The van der Waals surface area contributed by atoms with Crippen molar-refractivity contribution in [2.45, 2.75) is 65.8 Å². The van der Waals surface area contributed by atoms with E-state index < -0.39 is 0 Å². The monoisotopic (exact) mass is 497 g/mol. The van der Waals surface area contributed by atoms with Gasteiger partial charge in [-0.3, -0.25) is 9.20 Å². The maximum Gasteiger partial charge on any atom is 0.314 e. The summed E-state index contributed by atoms with van der Waals surface area (Å²) in [6.07, 6.45) is 6.02. The van der Waals surface area contributed by atoms with Gasteiger partial charge in [0.05, 0.1) is 5.92 Å². The lowest BCUT2D eigenvalue weighted by Gasteiger charge is -2.34. The lowest BCUT2D eigenvalue weighted by Crippen LogP contribution is -2.36. The number of nitrogens with zero attached hydrogens (tertiary/aromatic N) is 2. The van der Waals surface area contributed by atoms with Gasteiger partial charge in [-0.05, 0) is 90.9 Å². The standard InChI is InChI=1S/C26H32BrN3O2/c1-25(2,3)16-26(4,5)29-23-22(28-21-14-11-19(27)15-30(21)23)17-9-12-20(13-10-17)32-24(31)18-7-6-8-18/h9-15,18,29H,6-8,16H2,1-5H3. The fraction of sp³-hybridized carbons (Fsp3) is 0.462. The summed E-state index contributed by atoms with van der Waals surface area (Å²) < 4.78 is 8.64. The number of hydrogen-bond donors (Lipinski definition) is 1. The predicted octanol–water partition coefficient (Wildman–Crippen LogP) is 7.10. The maximum atomic E-state index is 12.2. The number of pyridine rings is 1. The molecule has 0 unspecified atom stereocenters. The minimum Gasteiger partial charge on any atom is -0.426 e. The van der Waals surface area contributed by atoms with Crippen LogP contribution in [-0.2, 0) is 4.79 Å². The van der Waals surface area contributed by atoms with Crippen molar-refractivity contribution >= 4 is 33.4 Å². The number of hydrogen-bond acceptors (Lipinski definition) is 4. The molecular weight excluding hydrogens is 466 g/mol. The molecule has 1 aliphatic rings. The zero-order valence-electron chi connectivity index (χ0n) is 19.5. The molecule has 5 nitrogen and oxygen atoms in total. The first-order valence-corrected chi connectivity index (χ1v) is 12.1. The third-order valence-electron chi connectivity index (χ3n) is 5.80. The number of carbonyl (C=O) groups is 1. The molecule has 0 radical (unpaired) electrons. The highest BCUT2D eigenvalue weighted by molar-refractivity contribution is 9.10. The number of fused-ring (bicyclic) bond motifs is 1. The number of esters is 1. The molecule has 1 aromatic carbocycles. The number of ether oxygens (including phenoxy) is 1. The molecule has 32 heavy (non-hydrogen) atoms. The van der Waals surface area contributed by atoms with Crippen molar-refractivity contribution in [1.29, 1.82) is 0 Å². The lowest BCUT2D eigenvalue weighted by atomic mass is 9.82. The average Bonchev–Trinajstić information content (AvgIpc) is 2.96. The lowest BCUT2D eigenvalue weighted by molar-refractivity contribution is -0.141. The Kier molecular flexibility index (Phi) is 6.10. The van der Waals surface area contributed by atoms with E-state index in [9.17, 15) is 4.79 Å². The Balaban J connectivity index is 1.67. The molecule has 0 spiro atoms. The van der Waals surface area contributed by atoms with E-state index in [4.69, 9.17) is 9.72 Å². The molecule has 2 aromatic heterocycles. The second kappa shape index (κ2) is 8.54. The van der Waals surface area contributed by atoms with Crippen LogP contribution in [-0.4, -0.2) is 20.9 Å². The smallest absolute Gasteiger partial charge is 0.314 e. The number of halogens is 1. The molecule has 0 saturated heterocycles. The molecule has 170 valence electrons. The van der Waals surface area contributed by atoms with Crippen LogP contribution in [0, 0.1) is 11.3 Å². The molecule has 1 fully saturated rings. The van der Waals surface area contributed by atoms with Crippen LogP contribution in [0.5, 0.6) is 5.75 Å². The van der Waals surface area contributed by atoms with E-state index in [-0.39, 0.29) is 22.8 Å². The van der Waals surface area contributed by atoms with Gasteiger partial charge in [-0.2, -0.15) is 0 Å². The van der Waals surface area contributed by atoms with Crippen LogP contribution in [0.15, 0.2) is 47.1 Å². The Bertz CT molecular complexity index is 1120. The van der Waals surface area contributed by atoms with E-state index in [1.807, 2.05) is 42.6 Å². The van der Waals surface area contributed by atoms with Crippen molar-refractivity contribution < 1.29 is 9.53 Å². The number of carbonyl (C=O) groups excluding carboxylic acids is 1. The Morgan fingerprint density at radius 1 is 1.12 bits per heavy atom. The Hall–Kier alpha value is -2.34. The van der Waals surface area contributed by atoms with Gasteiger partial charge in [0.2, 0.25) is 0 Å². The highest BCUT2D eigenvalue weighted by atomic mass is 79.9. The van der Waals surface area contributed by atoms with Gasteiger partial charge in [-0.15, -0.1) is 0 Å². The number of benzene rings is 1. The zero-order valence-corrected chi connectivity index (χ0v) is 21.1. The van der Waals surface area contributed by atoms with Gasteiger partial charge in [0.1, 0.15) is 22.9 Å². The first kappa shape index (κ1) is 22.8. The number of anilines is 1. The summed E-state index contributed by atoms with van der Waals surface area (Å²) >= 11 is 3.59. The molecular formula is C26H32BrN3O2. The number of rotatable bonds is 6. The van der Waals surface area contributed by atoms with Gasteiger partial charge >= 0.3 is 5.97 Å². The van der Waals surface area contributed by atoms with E-state index in [1.54, 1.807) is 0 Å². The molecule has 1 N–H and O–H groups in total. The zero-order chi connectivity index (χ0) is 23.1. The van der Waals surface area contributed by atoms with E-state index in [2.05, 4.69) is 60.3 Å². The molecule has 4 rings (SSSR count). The predicted molar refractivity (Wildman–Crippen MR) is 133 cm³/mol. The highest BCUT2D eigenvalue weighted by Crippen LogP contribution is 2.36. The van der Waals surface area contributed by atoms with Crippen molar-refractivity contribution in [3.05, 3.63) is 47.1 Å². The van der Waals surface area contributed by atoms with Crippen molar-refractivity contribution in [2.75, 3.05) is 5.32 Å². The quantitative estimate of drug-likeness (QED) is 0.291. The van der Waals surface area contributed by atoms with Crippen molar-refractivity contribution in [3.63, 3.8) is 0 Å². The minimum atomic E-state index is -0.135. The van der Waals surface area contributed by atoms with Crippen LogP contribution >= 0.6 is 15.9 Å². The van der Waals surface area contributed by atoms with Gasteiger partial charge in [0.15, 0.2) is 0 Å². The number of nitrogens with one attached hydrogen (secondary N) is 1. The average molecular weight is 498 g/mol.